The molecule has 1 aliphatic heterocycles. The van der Waals surface area contributed by atoms with Crippen LogP contribution in [0.3, 0.4) is 0 Å². The van der Waals surface area contributed by atoms with E-state index in [0.29, 0.717) is 38.0 Å². The number of unbranched alkanes of at least 4 members (excludes halogenated alkanes) is 1. The number of nitrogen functional groups attached to an aromatic ring is 1. The zero-order valence-corrected chi connectivity index (χ0v) is 16.5. The van der Waals surface area contributed by atoms with Gasteiger partial charge in [0.25, 0.3) is 0 Å². The number of hydrogen-bond acceptors (Lipinski definition) is 6. The summed E-state index contributed by atoms with van der Waals surface area (Å²) in [6, 6.07) is 9.65. The number of amides is 1. The second-order valence-electron chi connectivity index (χ2n) is 6.78. The molecule has 2 N–H and O–H groups in total. The van der Waals surface area contributed by atoms with E-state index in [4.69, 9.17) is 19.9 Å². The summed E-state index contributed by atoms with van der Waals surface area (Å²) in [7, 11) is 0. The third-order valence-electron chi connectivity index (χ3n) is 4.65. The van der Waals surface area contributed by atoms with Crippen LogP contribution in [0.15, 0.2) is 30.3 Å². The third-order valence-corrected chi connectivity index (χ3v) is 4.65. The third kappa shape index (κ3) is 4.75. The number of para-hydroxylation sites is 1. The first kappa shape index (κ1) is 20.0. The molecule has 0 bridgehead atoms. The molecular weight excluding hydrogens is 360 g/mol. The molecule has 1 unspecified atom stereocenters. The van der Waals surface area contributed by atoms with Gasteiger partial charge in [0, 0.05) is 6.54 Å². The monoisotopic (exact) mass is 388 g/mol. The molecule has 1 fully saturated rings. The first-order chi connectivity index (χ1) is 13.6. The van der Waals surface area contributed by atoms with Crippen LogP contribution in [0.5, 0.6) is 5.88 Å². The van der Waals surface area contributed by atoms with E-state index in [9.17, 15) is 4.79 Å². The van der Waals surface area contributed by atoms with Crippen molar-refractivity contribution < 1.29 is 19.0 Å². The number of morpholine rings is 1. The van der Waals surface area contributed by atoms with Crippen molar-refractivity contribution in [3.63, 3.8) is 0 Å². The Morgan fingerprint density at radius 2 is 2.14 bits per heavy atom. The maximum atomic E-state index is 12.1. The lowest BCUT2D eigenvalue weighted by atomic mass is 10.3. The predicted molar refractivity (Wildman–Crippen MR) is 106 cm³/mol. The molecule has 1 amide bonds. The second-order valence-corrected chi connectivity index (χ2v) is 6.78. The van der Waals surface area contributed by atoms with Crippen LogP contribution < -0.4 is 10.5 Å². The van der Waals surface area contributed by atoms with E-state index in [1.54, 1.807) is 9.58 Å². The van der Waals surface area contributed by atoms with Crippen molar-refractivity contribution in [3.05, 3.63) is 35.9 Å². The molecule has 1 saturated heterocycles. The number of nitrogens with two attached hydrogens (primary N) is 1. The van der Waals surface area contributed by atoms with Crippen molar-refractivity contribution in [1.82, 2.24) is 14.7 Å². The van der Waals surface area contributed by atoms with Gasteiger partial charge >= 0.3 is 6.09 Å². The van der Waals surface area contributed by atoms with Gasteiger partial charge in [-0.2, -0.15) is 0 Å². The van der Waals surface area contributed by atoms with E-state index < -0.39 is 0 Å². The van der Waals surface area contributed by atoms with Crippen LogP contribution in [-0.4, -0.2) is 59.8 Å². The first-order valence-corrected chi connectivity index (χ1v) is 9.66. The zero-order valence-electron chi connectivity index (χ0n) is 16.5. The van der Waals surface area contributed by atoms with Crippen LogP contribution in [0.4, 0.5) is 10.6 Å². The largest absolute Gasteiger partial charge is 0.474 e. The fourth-order valence-corrected chi connectivity index (χ4v) is 2.94. The topological polar surface area (TPSA) is 91.8 Å². The molecule has 1 atom stereocenters. The van der Waals surface area contributed by atoms with Gasteiger partial charge in [-0.05, 0) is 25.5 Å². The maximum absolute atomic E-state index is 12.1. The highest BCUT2D eigenvalue weighted by Gasteiger charge is 2.26. The van der Waals surface area contributed by atoms with Gasteiger partial charge in [-0.15, -0.1) is 5.10 Å². The van der Waals surface area contributed by atoms with Crippen molar-refractivity contribution in [3.8, 4) is 11.6 Å². The summed E-state index contributed by atoms with van der Waals surface area (Å²) < 4.78 is 18.5. The number of benzene rings is 1. The number of ether oxygens (including phenoxy) is 3. The molecule has 8 heteroatoms. The van der Waals surface area contributed by atoms with Gasteiger partial charge < -0.3 is 24.8 Å². The predicted octanol–water partition coefficient (Wildman–Crippen LogP) is 2.78. The van der Waals surface area contributed by atoms with Crippen molar-refractivity contribution in [1.29, 1.82) is 0 Å². The van der Waals surface area contributed by atoms with Gasteiger partial charge in [-0.1, -0.05) is 31.5 Å². The molecule has 0 saturated carbocycles. The van der Waals surface area contributed by atoms with Crippen LogP contribution in [0.1, 0.15) is 25.3 Å². The molecule has 28 heavy (non-hydrogen) atoms. The van der Waals surface area contributed by atoms with E-state index in [1.165, 1.54) is 0 Å². The molecule has 1 aliphatic rings. The van der Waals surface area contributed by atoms with Crippen LogP contribution in [-0.2, 0) is 9.47 Å². The highest BCUT2D eigenvalue weighted by atomic mass is 16.6. The Hall–Kier alpha value is -2.74. The van der Waals surface area contributed by atoms with E-state index in [1.807, 2.05) is 37.3 Å². The molecule has 0 spiro atoms. The highest BCUT2D eigenvalue weighted by Crippen LogP contribution is 2.26. The Bertz CT molecular complexity index is 778. The number of anilines is 1. The minimum absolute atomic E-state index is 0.241. The molecule has 152 valence electrons. The summed E-state index contributed by atoms with van der Waals surface area (Å²) in [5, 5.41) is 4.48. The van der Waals surface area contributed by atoms with Crippen LogP contribution in [0, 0.1) is 6.92 Å². The number of aromatic nitrogens is 2. The van der Waals surface area contributed by atoms with Gasteiger partial charge in [0.15, 0.2) is 0 Å². The molecule has 1 aromatic carbocycles. The van der Waals surface area contributed by atoms with Crippen molar-refractivity contribution in [2.24, 2.45) is 0 Å². The summed E-state index contributed by atoms with van der Waals surface area (Å²) in [6.07, 6.45) is 1.32. The Morgan fingerprint density at radius 1 is 1.36 bits per heavy atom. The summed E-state index contributed by atoms with van der Waals surface area (Å²) in [5.74, 6) is 1.000. The van der Waals surface area contributed by atoms with Crippen LogP contribution in [0.25, 0.3) is 5.69 Å². The van der Waals surface area contributed by atoms with Crippen molar-refractivity contribution in [2.45, 2.75) is 32.8 Å². The summed E-state index contributed by atoms with van der Waals surface area (Å²) in [6.45, 7) is 6.07. The lowest BCUT2D eigenvalue weighted by Gasteiger charge is -2.31. The second kappa shape index (κ2) is 9.45. The fourth-order valence-electron chi connectivity index (χ4n) is 2.94. The molecule has 0 aliphatic carbocycles. The lowest BCUT2D eigenvalue weighted by molar-refractivity contribution is -0.0459. The summed E-state index contributed by atoms with van der Waals surface area (Å²) >= 11 is 0. The lowest BCUT2D eigenvalue weighted by Crippen LogP contribution is -2.47. The summed E-state index contributed by atoms with van der Waals surface area (Å²) in [5.41, 5.74) is 7.83. The molecule has 0 radical (unpaired) electrons. The Balaban J connectivity index is 1.57. The van der Waals surface area contributed by atoms with E-state index in [2.05, 4.69) is 12.0 Å². The quantitative estimate of drug-likeness (QED) is 0.734. The van der Waals surface area contributed by atoms with E-state index >= 15 is 0 Å². The average molecular weight is 388 g/mol. The van der Waals surface area contributed by atoms with Gasteiger partial charge in [-0.3, -0.25) is 0 Å². The first-order valence-electron chi connectivity index (χ1n) is 9.66. The SMILES string of the molecule is CCCCOC(=O)N1CCOC(COc2nn(-c3ccccc3)c(N)c2C)C1. The molecule has 8 nitrogen and oxygen atoms in total. The van der Waals surface area contributed by atoms with E-state index in [-0.39, 0.29) is 18.8 Å². The number of rotatable bonds is 7. The van der Waals surface area contributed by atoms with Gasteiger partial charge in [0.2, 0.25) is 5.88 Å². The highest BCUT2D eigenvalue weighted by molar-refractivity contribution is 5.67. The molecule has 1 aromatic heterocycles. The van der Waals surface area contributed by atoms with Gasteiger partial charge in [-0.25, -0.2) is 9.48 Å². The average Bonchev–Trinajstić information content (AvgIpc) is 3.01. The minimum atomic E-state index is -0.296. The number of nitrogens with zero attached hydrogens (tertiary/aromatic N) is 3. The maximum Gasteiger partial charge on any atom is 0.409 e. The zero-order chi connectivity index (χ0) is 19.9. The van der Waals surface area contributed by atoms with Crippen molar-refractivity contribution in [2.75, 3.05) is 38.6 Å². The van der Waals surface area contributed by atoms with Crippen molar-refractivity contribution >= 4 is 11.9 Å². The van der Waals surface area contributed by atoms with Crippen LogP contribution >= 0.6 is 0 Å². The summed E-state index contributed by atoms with van der Waals surface area (Å²) in [4.78, 5) is 13.8. The number of carbonyl (C=O) groups is 1. The normalized spacial score (nSPS) is 16.8. The standard InChI is InChI=1S/C20H28N4O4/c1-3-4-11-27-20(25)23-10-12-26-17(13-23)14-28-19-15(2)18(21)24(22-19)16-8-6-5-7-9-16/h5-9,17H,3-4,10-14,21H2,1-2H3. The molecular formula is C20H28N4O4. The molecule has 3 rings (SSSR count). The number of hydrogen-bond donors (Lipinski definition) is 1. The smallest absolute Gasteiger partial charge is 0.409 e. The Kier molecular flexibility index (Phi) is 6.76. The number of carbonyl (C=O) groups excluding carboxylic acids is 1. The van der Waals surface area contributed by atoms with Gasteiger partial charge in [0.05, 0.1) is 31.0 Å². The minimum Gasteiger partial charge on any atom is -0.474 e. The fraction of sp³-hybridized carbons (Fsp3) is 0.500. The molecule has 2 heterocycles. The van der Waals surface area contributed by atoms with E-state index in [0.717, 1.165) is 24.1 Å². The van der Waals surface area contributed by atoms with Gasteiger partial charge in [0.1, 0.15) is 18.5 Å². The molecule has 2 aromatic rings. The van der Waals surface area contributed by atoms with Crippen LogP contribution in [0.2, 0.25) is 0 Å². The Morgan fingerprint density at radius 3 is 2.89 bits per heavy atom. The Labute approximate surface area is 165 Å².